The summed E-state index contributed by atoms with van der Waals surface area (Å²) in [6, 6.07) is 18.7. The number of anilines is 1. The van der Waals surface area contributed by atoms with Gasteiger partial charge in [-0.2, -0.15) is 4.36 Å². The third-order valence-electron chi connectivity index (χ3n) is 7.23. The summed E-state index contributed by atoms with van der Waals surface area (Å²) in [7, 11) is -3.19. The van der Waals surface area contributed by atoms with E-state index in [0.717, 1.165) is 5.56 Å². The Morgan fingerprint density at radius 3 is 2.62 bits per heavy atom. The molecule has 8 nitrogen and oxygen atoms in total. The van der Waals surface area contributed by atoms with Crippen LogP contribution in [0.15, 0.2) is 99.1 Å². The number of hydrogen-bond acceptors (Lipinski definition) is 6. The topological polar surface area (TPSA) is 105 Å². The first-order valence-electron chi connectivity index (χ1n) is 14.5. The van der Waals surface area contributed by atoms with Crippen LogP contribution in [-0.4, -0.2) is 57.2 Å². The minimum atomic E-state index is -3.19. The highest BCUT2D eigenvalue weighted by atomic mass is 32.2. The molecule has 2 aromatic carbocycles. The molecule has 0 bridgehead atoms. The van der Waals surface area contributed by atoms with E-state index < -0.39 is 21.6 Å². The lowest BCUT2D eigenvalue weighted by molar-refractivity contribution is -0.0636. The lowest BCUT2D eigenvalue weighted by Gasteiger charge is -2.32. The second-order valence-electron chi connectivity index (χ2n) is 10.8. The van der Waals surface area contributed by atoms with E-state index in [1.54, 1.807) is 72.5 Å². The molecule has 1 atom stereocenters. The molecule has 1 saturated heterocycles. The SMILES string of the molecule is Cc1ccoc1C(=O)Nc1cccc(C#Cc2cncc(C(=O)N=[S@](=O)(CCCN3CCCC(F)(F)C3)c3ccccc3)c2)c1. The average molecular weight is 631 g/mol. The van der Waals surface area contributed by atoms with Gasteiger partial charge in [-0.3, -0.25) is 19.5 Å². The summed E-state index contributed by atoms with van der Waals surface area (Å²) >= 11 is 0. The Labute approximate surface area is 261 Å². The fourth-order valence-electron chi connectivity index (χ4n) is 4.99. The summed E-state index contributed by atoms with van der Waals surface area (Å²) in [5, 5.41) is 2.79. The van der Waals surface area contributed by atoms with Gasteiger partial charge in [-0.1, -0.05) is 36.1 Å². The highest BCUT2D eigenvalue weighted by molar-refractivity contribution is 7.94. The zero-order valence-corrected chi connectivity index (χ0v) is 25.5. The predicted molar refractivity (Wildman–Crippen MR) is 168 cm³/mol. The maximum Gasteiger partial charge on any atom is 0.291 e. The molecule has 2 amide bonds. The molecule has 45 heavy (non-hydrogen) atoms. The molecule has 0 aliphatic carbocycles. The number of rotatable bonds is 8. The second-order valence-corrected chi connectivity index (χ2v) is 13.2. The molecular weight excluding hydrogens is 598 g/mol. The number of pyridine rings is 1. The van der Waals surface area contributed by atoms with Crippen LogP contribution < -0.4 is 5.32 Å². The molecule has 1 aliphatic rings. The van der Waals surface area contributed by atoms with Crippen molar-refractivity contribution in [1.29, 1.82) is 0 Å². The first-order valence-corrected chi connectivity index (χ1v) is 16.2. The van der Waals surface area contributed by atoms with Crippen LogP contribution in [0, 0.1) is 18.8 Å². The van der Waals surface area contributed by atoms with Crippen molar-refractivity contribution in [3.8, 4) is 11.8 Å². The van der Waals surface area contributed by atoms with Crippen molar-refractivity contribution in [2.75, 3.05) is 30.7 Å². The van der Waals surface area contributed by atoms with Gasteiger partial charge in [0.2, 0.25) is 0 Å². The number of carbonyl (C=O) groups excluding carboxylic acids is 2. The Balaban J connectivity index is 1.31. The molecule has 0 saturated carbocycles. The molecule has 0 radical (unpaired) electrons. The summed E-state index contributed by atoms with van der Waals surface area (Å²) in [6.07, 6.45) is 4.91. The van der Waals surface area contributed by atoms with Gasteiger partial charge in [-0.15, -0.1) is 0 Å². The number of alkyl halides is 2. The van der Waals surface area contributed by atoms with Gasteiger partial charge < -0.3 is 9.73 Å². The smallest absolute Gasteiger partial charge is 0.291 e. The fraction of sp³-hybridized carbons (Fsp3) is 0.265. The van der Waals surface area contributed by atoms with Crippen molar-refractivity contribution < 1.29 is 27.0 Å². The maximum absolute atomic E-state index is 14.1. The molecule has 0 unspecified atom stereocenters. The Morgan fingerprint density at radius 1 is 1.07 bits per heavy atom. The van der Waals surface area contributed by atoms with Crippen LogP contribution in [0.4, 0.5) is 14.5 Å². The fourth-order valence-corrected chi connectivity index (χ4v) is 6.90. The molecule has 11 heteroatoms. The lowest BCUT2D eigenvalue weighted by atomic mass is 10.1. The van der Waals surface area contributed by atoms with E-state index in [1.165, 1.54) is 24.7 Å². The van der Waals surface area contributed by atoms with Crippen molar-refractivity contribution in [2.45, 2.75) is 37.0 Å². The Morgan fingerprint density at radius 2 is 1.87 bits per heavy atom. The van der Waals surface area contributed by atoms with E-state index >= 15 is 0 Å². The van der Waals surface area contributed by atoms with Crippen LogP contribution >= 0.6 is 0 Å². The van der Waals surface area contributed by atoms with Gasteiger partial charge in [0.1, 0.15) is 0 Å². The number of nitrogens with zero attached hydrogens (tertiary/aromatic N) is 3. The highest BCUT2D eigenvalue weighted by Gasteiger charge is 2.34. The summed E-state index contributed by atoms with van der Waals surface area (Å²) in [5.74, 6) is 2.45. The summed E-state index contributed by atoms with van der Waals surface area (Å²) in [5.41, 5.74) is 2.43. The molecule has 1 aliphatic heterocycles. The molecular formula is C34H32F2N4O4S. The number of furan rings is 1. The van der Waals surface area contributed by atoms with Crippen LogP contribution in [0.5, 0.6) is 0 Å². The molecule has 4 aromatic rings. The van der Waals surface area contributed by atoms with Crippen LogP contribution in [0.1, 0.15) is 56.9 Å². The summed E-state index contributed by atoms with van der Waals surface area (Å²) in [6.45, 7) is 2.35. The van der Waals surface area contributed by atoms with Gasteiger partial charge in [0.25, 0.3) is 17.7 Å². The first kappa shape index (κ1) is 31.8. The third-order valence-corrected chi connectivity index (χ3v) is 9.55. The van der Waals surface area contributed by atoms with Gasteiger partial charge in [0, 0.05) is 51.8 Å². The number of hydrogen-bond donors (Lipinski definition) is 1. The van der Waals surface area contributed by atoms with Crippen LogP contribution in [-0.2, 0) is 9.73 Å². The maximum atomic E-state index is 14.1. The number of benzene rings is 2. The van der Waals surface area contributed by atoms with Crippen LogP contribution in [0.2, 0.25) is 0 Å². The van der Waals surface area contributed by atoms with Gasteiger partial charge in [0.15, 0.2) is 5.76 Å². The van der Waals surface area contributed by atoms with Crippen LogP contribution in [0.25, 0.3) is 0 Å². The molecule has 0 spiro atoms. The van der Waals surface area contributed by atoms with Crippen molar-refractivity contribution in [3.05, 3.63) is 113 Å². The van der Waals surface area contributed by atoms with Gasteiger partial charge in [0.05, 0.1) is 28.1 Å². The van der Waals surface area contributed by atoms with E-state index in [9.17, 15) is 22.6 Å². The Kier molecular flexibility index (Phi) is 9.86. The number of likely N-dealkylation sites (tertiary alicyclic amines) is 1. The minimum Gasteiger partial charge on any atom is -0.459 e. The van der Waals surface area contributed by atoms with Crippen molar-refractivity contribution >= 4 is 27.2 Å². The monoisotopic (exact) mass is 630 g/mol. The molecule has 1 N–H and O–H groups in total. The third kappa shape index (κ3) is 8.50. The molecule has 232 valence electrons. The quantitative estimate of drug-likeness (QED) is 0.225. The number of aromatic nitrogens is 1. The minimum absolute atomic E-state index is 0.0458. The van der Waals surface area contributed by atoms with E-state index in [0.29, 0.717) is 47.6 Å². The number of amides is 2. The van der Waals surface area contributed by atoms with Crippen molar-refractivity contribution in [3.63, 3.8) is 0 Å². The highest BCUT2D eigenvalue weighted by Crippen LogP contribution is 2.27. The van der Waals surface area contributed by atoms with Crippen LogP contribution in [0.3, 0.4) is 0 Å². The standard InChI is InChI=1S/C34H32F2N4O4S/c1-25-14-18-44-31(25)33(42)38-29-9-5-8-26(21-29)12-13-27-20-28(23-37-22-27)32(41)39-45(43,30-10-3-2-4-11-30)19-7-17-40-16-6-15-34(35,36)24-40/h2-5,8-11,14,18,20-23H,6-7,15-17,19,24H2,1H3,(H,38,42)/t45-/m0/s1. The lowest BCUT2D eigenvalue weighted by Crippen LogP contribution is -2.43. The van der Waals surface area contributed by atoms with E-state index in [2.05, 4.69) is 26.5 Å². The molecule has 1 fully saturated rings. The number of piperidine rings is 1. The molecule has 2 aromatic heterocycles. The first-order chi connectivity index (χ1) is 21.6. The van der Waals surface area contributed by atoms with Crippen molar-refractivity contribution in [1.82, 2.24) is 9.88 Å². The summed E-state index contributed by atoms with van der Waals surface area (Å²) < 4.78 is 51.2. The normalized spacial score (nSPS) is 15.7. The second kappa shape index (κ2) is 14.0. The summed E-state index contributed by atoms with van der Waals surface area (Å²) in [4.78, 5) is 32.0. The zero-order valence-electron chi connectivity index (χ0n) is 24.7. The number of carbonyl (C=O) groups is 2. The molecule has 5 rings (SSSR count). The van der Waals surface area contributed by atoms with Gasteiger partial charge >= 0.3 is 0 Å². The Hall–Kier alpha value is -4.66. The average Bonchev–Trinajstić information content (AvgIpc) is 3.46. The molecule has 3 heterocycles. The number of halogens is 2. The Bertz CT molecular complexity index is 1870. The largest absolute Gasteiger partial charge is 0.459 e. The van der Waals surface area contributed by atoms with Crippen molar-refractivity contribution in [2.24, 2.45) is 4.36 Å². The van der Waals surface area contributed by atoms with E-state index in [1.807, 2.05) is 0 Å². The van der Waals surface area contributed by atoms with E-state index in [-0.39, 0.29) is 35.9 Å². The predicted octanol–water partition coefficient (Wildman–Crippen LogP) is 6.42. The van der Waals surface area contributed by atoms with Gasteiger partial charge in [-0.05, 0) is 75.3 Å². The number of aryl methyl sites for hydroxylation is 1. The number of nitrogens with one attached hydrogen (secondary N) is 1. The zero-order chi connectivity index (χ0) is 31.9. The van der Waals surface area contributed by atoms with Gasteiger partial charge in [-0.25, -0.2) is 13.0 Å². The van der Waals surface area contributed by atoms with E-state index in [4.69, 9.17) is 4.42 Å².